The highest BCUT2D eigenvalue weighted by Gasteiger charge is 3.15. The van der Waals surface area contributed by atoms with Crippen molar-refractivity contribution in [3.8, 4) is 0 Å². The van der Waals surface area contributed by atoms with Gasteiger partial charge >= 0.3 is 0 Å². The van der Waals surface area contributed by atoms with Gasteiger partial charge in [-0.2, -0.15) is 0 Å². The third-order valence-corrected chi connectivity index (χ3v) is 3.94. The van der Waals surface area contributed by atoms with Crippen LogP contribution in [0.15, 0.2) is 0 Å². The Hall–Kier alpha value is 0. The van der Waals surface area contributed by atoms with Gasteiger partial charge in [0.05, 0.1) is 0 Å². The third-order valence-electron chi connectivity index (χ3n) is 3.94. The molecule has 0 saturated heterocycles. The van der Waals surface area contributed by atoms with Crippen LogP contribution in [0.25, 0.3) is 0 Å². The summed E-state index contributed by atoms with van der Waals surface area (Å²) in [5.41, 5.74) is 1.93. The fourth-order valence-corrected chi connectivity index (χ4v) is 3.06. The molecule has 0 radical (unpaired) electrons. The molecule has 0 heteroatoms. The van der Waals surface area contributed by atoms with Crippen LogP contribution in [0.4, 0.5) is 0 Å². The van der Waals surface area contributed by atoms with Gasteiger partial charge in [0.1, 0.15) is 0 Å². The van der Waals surface area contributed by atoms with Crippen LogP contribution in [-0.2, 0) is 0 Å². The van der Waals surface area contributed by atoms with E-state index in [0.29, 0.717) is 0 Å². The molecule has 4 saturated carbocycles. The minimum absolute atomic E-state index is 0.946. The maximum atomic E-state index is 2.45. The second kappa shape index (κ2) is 0.416. The van der Waals surface area contributed by atoms with Gasteiger partial charge in [0.2, 0.25) is 0 Å². The Morgan fingerprint density at radius 2 is 1.86 bits per heavy atom. The zero-order valence-electron chi connectivity index (χ0n) is 4.86. The summed E-state index contributed by atoms with van der Waals surface area (Å²) in [6.07, 6.45) is 1.47. The van der Waals surface area contributed by atoms with Gasteiger partial charge in [-0.1, -0.05) is 13.8 Å². The Kier molecular flexibility index (Phi) is 0.185. The van der Waals surface area contributed by atoms with Crippen molar-refractivity contribution in [2.45, 2.75) is 20.3 Å². The Labute approximate surface area is 43.9 Å². The van der Waals surface area contributed by atoms with E-state index in [0.717, 1.165) is 10.8 Å². The van der Waals surface area contributed by atoms with Crippen LogP contribution in [0.5, 0.6) is 0 Å². The lowest BCUT2D eigenvalue weighted by Crippen LogP contribution is -1.69. The molecule has 0 amide bonds. The fraction of sp³-hybridized carbons (Fsp3) is 1.00. The van der Waals surface area contributed by atoms with Crippen molar-refractivity contribution in [3.05, 3.63) is 0 Å². The van der Waals surface area contributed by atoms with E-state index in [-0.39, 0.29) is 0 Å². The van der Waals surface area contributed by atoms with Crippen LogP contribution in [0, 0.1) is 22.7 Å². The largest absolute Gasteiger partial charge is 0.0648 e. The number of hydrogen-bond acceptors (Lipinski definition) is 0. The van der Waals surface area contributed by atoms with Crippen molar-refractivity contribution in [1.82, 2.24) is 0 Å². The van der Waals surface area contributed by atoms with E-state index in [1.165, 1.54) is 18.3 Å². The maximum Gasteiger partial charge on any atom is -0.0167 e. The third kappa shape index (κ3) is 0.0938. The van der Waals surface area contributed by atoms with E-state index in [1.807, 2.05) is 0 Å². The van der Waals surface area contributed by atoms with Gasteiger partial charge in [0.15, 0.2) is 0 Å². The monoisotopic (exact) mass is 94.1 g/mol. The highest BCUT2D eigenvalue weighted by atomic mass is 15.2. The summed E-state index contributed by atoms with van der Waals surface area (Å²) in [5, 5.41) is 0. The van der Waals surface area contributed by atoms with Gasteiger partial charge in [-0.25, -0.2) is 0 Å². The molecule has 0 bridgehead atoms. The second-order valence-corrected chi connectivity index (χ2v) is 3.63. The van der Waals surface area contributed by atoms with Crippen molar-refractivity contribution in [3.63, 3.8) is 0 Å². The average Bonchev–Trinajstić information content (AvgIpc) is 2.38. The summed E-state index contributed by atoms with van der Waals surface area (Å²) in [7, 11) is 0. The van der Waals surface area contributed by atoms with Crippen LogP contribution in [0.2, 0.25) is 0 Å². The zero-order chi connectivity index (χ0) is 4.86. The van der Waals surface area contributed by atoms with Crippen LogP contribution in [-0.4, -0.2) is 0 Å². The lowest BCUT2D eigenvalue weighted by atomic mass is 10.3. The molecule has 4 fully saturated rings. The van der Waals surface area contributed by atoms with Crippen molar-refractivity contribution in [1.29, 1.82) is 0 Å². The molecule has 0 aromatic carbocycles. The number of rotatable bonds is 1. The van der Waals surface area contributed by atoms with E-state index < -0.39 is 0 Å². The van der Waals surface area contributed by atoms with Crippen LogP contribution >= 0.6 is 0 Å². The summed E-state index contributed by atoms with van der Waals surface area (Å²) in [6.45, 7) is 4.79. The molecule has 2 atom stereocenters. The first-order valence-electron chi connectivity index (χ1n) is 3.30. The fourth-order valence-electron chi connectivity index (χ4n) is 3.06. The van der Waals surface area contributed by atoms with Gasteiger partial charge < -0.3 is 0 Å². The molecule has 0 aliphatic heterocycles. The highest BCUT2D eigenvalue weighted by Crippen LogP contribution is 3.18. The Bertz CT molecular complexity index is 147. The van der Waals surface area contributed by atoms with E-state index in [4.69, 9.17) is 0 Å². The molecule has 0 nitrogen and oxygen atoms in total. The van der Waals surface area contributed by atoms with Gasteiger partial charge in [-0.3, -0.25) is 0 Å². The van der Waals surface area contributed by atoms with E-state index >= 15 is 0 Å². The van der Waals surface area contributed by atoms with Crippen LogP contribution < -0.4 is 0 Å². The van der Waals surface area contributed by atoms with E-state index in [1.54, 1.807) is 0 Å². The summed E-state index contributed by atoms with van der Waals surface area (Å²) >= 11 is 0. The minimum Gasteiger partial charge on any atom is -0.0648 e. The van der Waals surface area contributed by atoms with Crippen LogP contribution in [0.3, 0.4) is 0 Å². The molecule has 0 N–H and O–H groups in total. The summed E-state index contributed by atoms with van der Waals surface area (Å²) in [4.78, 5) is 0. The van der Waals surface area contributed by atoms with Gasteiger partial charge in [-0.15, -0.1) is 0 Å². The predicted molar refractivity (Wildman–Crippen MR) is 27.8 cm³/mol. The average molecular weight is 94.2 g/mol. The van der Waals surface area contributed by atoms with E-state index in [9.17, 15) is 0 Å². The molecule has 4 rings (SSSR count). The topological polar surface area (TPSA) is 0 Å². The summed E-state index contributed by atoms with van der Waals surface area (Å²) in [5.74, 6) is 2.48. The highest BCUT2D eigenvalue weighted by molar-refractivity contribution is 5.61. The molecule has 4 aliphatic rings. The van der Waals surface area contributed by atoms with Crippen molar-refractivity contribution in [2.24, 2.45) is 22.7 Å². The first-order valence-corrected chi connectivity index (χ1v) is 3.30. The minimum atomic E-state index is 0.946. The first-order chi connectivity index (χ1) is 3.30. The van der Waals surface area contributed by atoms with Crippen molar-refractivity contribution in [2.75, 3.05) is 0 Å². The second-order valence-electron chi connectivity index (χ2n) is 3.63. The SMILES string of the molecule is CCC12C3C1C32C. The molecule has 4 aliphatic carbocycles. The molecule has 0 aromatic heterocycles. The standard InChI is InChI=1S/C7H10/c1-3-7-4-5(7)6(4,7)2/h4-5H,3H2,1-2H3. The van der Waals surface area contributed by atoms with Crippen molar-refractivity contribution >= 4 is 0 Å². The lowest BCUT2D eigenvalue weighted by molar-refractivity contribution is 0.717. The number of hydrogen-bond donors (Lipinski definition) is 0. The van der Waals surface area contributed by atoms with Crippen LogP contribution in [0.1, 0.15) is 20.3 Å². The maximum absolute atomic E-state index is 2.45. The molecule has 38 valence electrons. The molecular formula is C7H10. The molecule has 0 heterocycles. The lowest BCUT2D eigenvalue weighted by Gasteiger charge is -1.78. The Morgan fingerprint density at radius 1 is 1.43 bits per heavy atom. The quantitative estimate of drug-likeness (QED) is 0.463. The predicted octanol–water partition coefficient (Wildman–Crippen LogP) is 1.66. The molecule has 7 heavy (non-hydrogen) atoms. The molecule has 0 spiro atoms. The normalized spacial score (nSPS) is 88.3. The Balaban J connectivity index is 2.08. The summed E-state index contributed by atoms with van der Waals surface area (Å²) < 4.78 is 0. The van der Waals surface area contributed by atoms with Gasteiger partial charge in [-0.05, 0) is 29.1 Å². The molecule has 0 aromatic rings. The zero-order valence-corrected chi connectivity index (χ0v) is 4.86. The molecule has 2 unspecified atom stereocenters. The first kappa shape index (κ1) is 3.11. The summed E-state index contributed by atoms with van der Waals surface area (Å²) in [6, 6.07) is 0. The molecular weight excluding hydrogens is 84.1 g/mol. The van der Waals surface area contributed by atoms with Gasteiger partial charge in [0.25, 0.3) is 0 Å². The smallest absolute Gasteiger partial charge is 0.0167 e. The van der Waals surface area contributed by atoms with E-state index in [2.05, 4.69) is 13.8 Å². The van der Waals surface area contributed by atoms with Crippen molar-refractivity contribution < 1.29 is 0 Å². The Morgan fingerprint density at radius 3 is 1.86 bits per heavy atom. The van der Waals surface area contributed by atoms with Gasteiger partial charge in [0, 0.05) is 0 Å².